The summed E-state index contributed by atoms with van der Waals surface area (Å²) in [6, 6.07) is 8.26. The first-order valence-corrected chi connectivity index (χ1v) is 12.9. The van der Waals surface area contributed by atoms with Crippen molar-refractivity contribution in [3.63, 3.8) is 0 Å². The summed E-state index contributed by atoms with van der Waals surface area (Å²) in [5.41, 5.74) is 0.894. The zero-order valence-electron chi connectivity index (χ0n) is 16.8. The average molecular weight is 466 g/mol. The number of thiazole rings is 1. The summed E-state index contributed by atoms with van der Waals surface area (Å²) >= 11 is 2.57. The summed E-state index contributed by atoms with van der Waals surface area (Å²) in [6.07, 6.45) is 2.02. The molecule has 0 bridgehead atoms. The molecule has 0 aliphatic carbocycles. The molecule has 1 fully saturated rings. The first kappa shape index (κ1) is 21.2. The number of thiophene rings is 1. The number of carbonyl (C=O) groups is 1. The third-order valence-electron chi connectivity index (χ3n) is 5.20. The number of rotatable bonds is 5. The molecule has 1 atom stereocenters. The minimum absolute atomic E-state index is 0.262. The maximum atomic E-state index is 13.2. The van der Waals surface area contributed by atoms with E-state index in [-0.39, 0.29) is 4.21 Å². The zero-order valence-corrected chi connectivity index (χ0v) is 19.2. The highest BCUT2D eigenvalue weighted by atomic mass is 32.2. The zero-order chi connectivity index (χ0) is 21.3. The van der Waals surface area contributed by atoms with Gasteiger partial charge in [0.15, 0.2) is 4.80 Å². The maximum Gasteiger partial charge on any atom is 0.266 e. The number of aryl methyl sites for hydroxylation is 1. The van der Waals surface area contributed by atoms with Crippen molar-refractivity contribution >= 4 is 48.8 Å². The van der Waals surface area contributed by atoms with Gasteiger partial charge in [0.25, 0.3) is 15.9 Å². The number of aromatic nitrogens is 1. The number of hydrogen-bond donors (Lipinski definition) is 0. The second-order valence-electron chi connectivity index (χ2n) is 6.95. The summed E-state index contributed by atoms with van der Waals surface area (Å²) in [5, 5.41) is 1.73. The van der Waals surface area contributed by atoms with Crippen LogP contribution in [0.3, 0.4) is 0 Å². The van der Waals surface area contributed by atoms with Crippen molar-refractivity contribution in [2.75, 3.05) is 13.7 Å². The number of amides is 1. The smallest absolute Gasteiger partial charge is 0.266 e. The van der Waals surface area contributed by atoms with Crippen LogP contribution in [0.2, 0.25) is 0 Å². The highest BCUT2D eigenvalue weighted by molar-refractivity contribution is 7.91. The van der Waals surface area contributed by atoms with Gasteiger partial charge < -0.3 is 9.30 Å². The number of benzene rings is 1. The number of sulfonamides is 1. The Morgan fingerprint density at radius 3 is 2.80 bits per heavy atom. The van der Waals surface area contributed by atoms with Gasteiger partial charge in [0.2, 0.25) is 0 Å². The summed E-state index contributed by atoms with van der Waals surface area (Å²) in [4.78, 5) is 18.1. The van der Waals surface area contributed by atoms with E-state index < -0.39 is 22.0 Å². The van der Waals surface area contributed by atoms with Gasteiger partial charge in [0.1, 0.15) is 21.5 Å². The average Bonchev–Trinajstić information content (AvgIpc) is 3.41. The number of ether oxygens (including phenoxy) is 1. The minimum atomic E-state index is -3.71. The Hall–Kier alpha value is -2.01. The fraction of sp³-hybridized carbons (Fsp3) is 0.400. The van der Waals surface area contributed by atoms with Crippen LogP contribution in [0.5, 0.6) is 5.75 Å². The Morgan fingerprint density at radius 2 is 2.10 bits per heavy atom. The number of carbonyl (C=O) groups excluding carboxylic acids is 1. The first-order valence-electron chi connectivity index (χ1n) is 9.77. The predicted octanol–water partition coefficient (Wildman–Crippen LogP) is 3.46. The van der Waals surface area contributed by atoms with Crippen molar-refractivity contribution in [3.8, 4) is 5.75 Å². The van der Waals surface area contributed by atoms with Crippen molar-refractivity contribution in [1.29, 1.82) is 0 Å². The highest BCUT2D eigenvalue weighted by Gasteiger charge is 2.38. The molecule has 7 nitrogen and oxygen atoms in total. The largest absolute Gasteiger partial charge is 0.495 e. The van der Waals surface area contributed by atoms with E-state index in [1.54, 1.807) is 24.6 Å². The van der Waals surface area contributed by atoms with E-state index >= 15 is 0 Å². The highest BCUT2D eigenvalue weighted by Crippen LogP contribution is 2.29. The van der Waals surface area contributed by atoms with Gasteiger partial charge in [0.05, 0.1) is 11.8 Å². The van der Waals surface area contributed by atoms with E-state index in [4.69, 9.17) is 4.74 Å². The molecule has 1 aromatic carbocycles. The van der Waals surface area contributed by atoms with E-state index in [1.165, 1.54) is 27.0 Å². The lowest BCUT2D eigenvalue weighted by Gasteiger charge is -2.31. The van der Waals surface area contributed by atoms with E-state index in [9.17, 15) is 13.2 Å². The SMILES string of the molecule is CCn1c(=NC(=O)C2CCCCN2S(=O)(=O)c2cccs2)sc2cccc(OC)c21. The molecule has 1 aliphatic heterocycles. The molecule has 1 amide bonds. The van der Waals surface area contributed by atoms with Crippen molar-refractivity contribution < 1.29 is 17.9 Å². The second-order valence-corrected chi connectivity index (χ2v) is 11.0. The standard InChI is InChI=1S/C20H23N3O4S3/c1-3-22-18-15(27-2)9-6-10-16(18)29-20(22)21-19(24)14-8-4-5-12-23(14)30(25,26)17-11-7-13-28-17/h6-7,9-11,13-14H,3-5,8,12H2,1-2H3. The van der Waals surface area contributed by atoms with E-state index in [0.29, 0.717) is 24.3 Å². The molecule has 4 rings (SSSR count). The molecule has 1 aliphatic rings. The molecule has 0 saturated carbocycles. The van der Waals surface area contributed by atoms with Crippen molar-refractivity contribution in [1.82, 2.24) is 8.87 Å². The Kier molecular flexibility index (Phi) is 6.10. The van der Waals surface area contributed by atoms with Gasteiger partial charge in [-0.2, -0.15) is 9.30 Å². The second kappa shape index (κ2) is 8.62. The normalized spacial score (nSPS) is 18.7. The van der Waals surface area contributed by atoms with Crippen molar-refractivity contribution in [2.24, 2.45) is 4.99 Å². The molecule has 0 radical (unpaired) electrons. The summed E-state index contributed by atoms with van der Waals surface area (Å²) in [5.74, 6) is 0.307. The van der Waals surface area contributed by atoms with Crippen LogP contribution in [0.1, 0.15) is 26.2 Å². The molecule has 3 heterocycles. The fourth-order valence-corrected chi connectivity index (χ4v) is 7.66. The third-order valence-corrected chi connectivity index (χ3v) is 9.53. The van der Waals surface area contributed by atoms with Crippen LogP contribution in [-0.4, -0.2) is 42.9 Å². The summed E-state index contributed by atoms with van der Waals surface area (Å²) in [6.45, 7) is 2.94. The molecular formula is C20H23N3O4S3. The molecule has 0 spiro atoms. The molecule has 10 heteroatoms. The number of fused-ring (bicyclic) bond motifs is 1. The fourth-order valence-electron chi connectivity index (χ4n) is 3.78. The molecule has 1 saturated heterocycles. The summed E-state index contributed by atoms with van der Waals surface area (Å²) < 4.78 is 36.2. The topological polar surface area (TPSA) is 81.0 Å². The first-order chi connectivity index (χ1) is 14.5. The van der Waals surface area contributed by atoms with Crippen molar-refractivity contribution in [3.05, 3.63) is 40.5 Å². The quantitative estimate of drug-likeness (QED) is 0.578. The number of piperidine rings is 1. The maximum absolute atomic E-state index is 13.2. The van der Waals surface area contributed by atoms with Crippen LogP contribution < -0.4 is 9.54 Å². The number of methoxy groups -OCH3 is 1. The Balaban J connectivity index is 1.76. The lowest BCUT2D eigenvalue weighted by atomic mass is 10.0. The third kappa shape index (κ3) is 3.73. The van der Waals surface area contributed by atoms with Gasteiger partial charge in [-0.05, 0) is 43.3 Å². The number of nitrogens with zero attached hydrogens (tertiary/aromatic N) is 3. The minimum Gasteiger partial charge on any atom is -0.495 e. The Labute approximate surface area is 183 Å². The van der Waals surface area contributed by atoms with Crippen LogP contribution >= 0.6 is 22.7 Å². The van der Waals surface area contributed by atoms with Crippen LogP contribution in [0.4, 0.5) is 0 Å². The van der Waals surface area contributed by atoms with Crippen molar-refractivity contribution in [2.45, 2.75) is 43.0 Å². The lowest BCUT2D eigenvalue weighted by molar-refractivity contribution is -0.122. The van der Waals surface area contributed by atoms with E-state index in [0.717, 1.165) is 28.8 Å². The molecular weight excluding hydrogens is 442 g/mol. The number of hydrogen-bond acceptors (Lipinski definition) is 6. The van der Waals surface area contributed by atoms with Crippen LogP contribution in [0, 0.1) is 0 Å². The molecule has 2 aromatic heterocycles. The van der Waals surface area contributed by atoms with Crippen LogP contribution in [0.25, 0.3) is 10.2 Å². The predicted molar refractivity (Wildman–Crippen MR) is 118 cm³/mol. The number of para-hydroxylation sites is 1. The van der Waals surface area contributed by atoms with Gasteiger partial charge in [-0.1, -0.05) is 29.9 Å². The Morgan fingerprint density at radius 1 is 1.27 bits per heavy atom. The van der Waals surface area contributed by atoms with Gasteiger partial charge >= 0.3 is 0 Å². The van der Waals surface area contributed by atoms with Gasteiger partial charge in [0, 0.05) is 13.1 Å². The van der Waals surface area contributed by atoms with Gasteiger partial charge in [-0.25, -0.2) is 8.42 Å². The molecule has 1 unspecified atom stereocenters. The van der Waals surface area contributed by atoms with Gasteiger partial charge in [-0.3, -0.25) is 4.79 Å². The van der Waals surface area contributed by atoms with E-state index in [2.05, 4.69) is 4.99 Å². The molecule has 0 N–H and O–H groups in total. The monoisotopic (exact) mass is 465 g/mol. The van der Waals surface area contributed by atoms with E-state index in [1.807, 2.05) is 29.7 Å². The van der Waals surface area contributed by atoms with Crippen LogP contribution in [-0.2, 0) is 21.4 Å². The molecule has 160 valence electrons. The molecule has 30 heavy (non-hydrogen) atoms. The van der Waals surface area contributed by atoms with Gasteiger partial charge in [-0.15, -0.1) is 11.3 Å². The lowest BCUT2D eigenvalue weighted by Crippen LogP contribution is -2.47. The summed E-state index contributed by atoms with van der Waals surface area (Å²) in [7, 11) is -2.09. The van der Waals surface area contributed by atoms with Crippen LogP contribution in [0.15, 0.2) is 44.9 Å². The molecule has 3 aromatic rings. The Bertz CT molecular complexity index is 1230.